The van der Waals surface area contributed by atoms with Crippen molar-refractivity contribution in [3.63, 3.8) is 0 Å². The molecule has 0 bridgehead atoms. The van der Waals surface area contributed by atoms with Crippen LogP contribution < -0.4 is 10.1 Å². The Balaban J connectivity index is 1.87. The van der Waals surface area contributed by atoms with Gasteiger partial charge in [0.1, 0.15) is 12.4 Å². The summed E-state index contributed by atoms with van der Waals surface area (Å²) in [6.45, 7) is 4.06. The predicted molar refractivity (Wildman–Crippen MR) is 74.8 cm³/mol. The summed E-state index contributed by atoms with van der Waals surface area (Å²) in [5.74, 6) is 0.720. The molecular weight excluding hydrogens is 264 g/mol. The first-order valence-electron chi connectivity index (χ1n) is 6.48. The lowest BCUT2D eigenvalue weighted by atomic mass is 10.3. The van der Waals surface area contributed by atoms with Crippen LogP contribution in [0.2, 0.25) is 0 Å². The van der Waals surface area contributed by atoms with Gasteiger partial charge in [-0.2, -0.15) is 4.31 Å². The molecule has 1 heterocycles. The summed E-state index contributed by atoms with van der Waals surface area (Å²) < 4.78 is 31.4. The summed E-state index contributed by atoms with van der Waals surface area (Å²) >= 11 is 0. The van der Waals surface area contributed by atoms with Gasteiger partial charge < -0.3 is 10.1 Å². The number of nitrogens with one attached hydrogen (secondary N) is 1. The van der Waals surface area contributed by atoms with Crippen LogP contribution in [0.4, 0.5) is 0 Å². The van der Waals surface area contributed by atoms with E-state index in [2.05, 4.69) is 5.32 Å². The molecule has 1 aromatic carbocycles. The summed E-state index contributed by atoms with van der Waals surface area (Å²) in [6.07, 6.45) is 0. The topological polar surface area (TPSA) is 58.6 Å². The molecule has 1 aliphatic rings. The molecule has 0 saturated carbocycles. The normalized spacial score (nSPS) is 21.2. The second kappa shape index (κ2) is 6.36. The molecule has 1 atom stereocenters. The molecule has 6 heteroatoms. The van der Waals surface area contributed by atoms with E-state index in [1.54, 1.807) is 4.31 Å². The van der Waals surface area contributed by atoms with Gasteiger partial charge in [-0.1, -0.05) is 18.2 Å². The van der Waals surface area contributed by atoms with E-state index in [0.717, 1.165) is 0 Å². The Bertz CT molecular complexity index is 490. The van der Waals surface area contributed by atoms with Crippen LogP contribution in [0.3, 0.4) is 0 Å². The Labute approximate surface area is 114 Å². The number of ether oxygens (including phenoxy) is 1. The van der Waals surface area contributed by atoms with Crippen molar-refractivity contribution in [2.24, 2.45) is 0 Å². The number of sulfonamides is 1. The number of para-hydroxylation sites is 1. The molecule has 1 fully saturated rings. The first kappa shape index (κ1) is 14.3. The third kappa shape index (κ3) is 3.92. The Hall–Kier alpha value is -1.11. The van der Waals surface area contributed by atoms with E-state index in [1.807, 2.05) is 37.3 Å². The highest BCUT2D eigenvalue weighted by atomic mass is 32.2. The quantitative estimate of drug-likeness (QED) is 0.864. The molecule has 19 heavy (non-hydrogen) atoms. The highest BCUT2D eigenvalue weighted by molar-refractivity contribution is 7.89. The molecule has 2 rings (SSSR count). The largest absolute Gasteiger partial charge is 0.492 e. The zero-order chi connectivity index (χ0) is 13.7. The van der Waals surface area contributed by atoms with E-state index in [-0.39, 0.29) is 18.4 Å². The Morgan fingerprint density at radius 2 is 2.11 bits per heavy atom. The van der Waals surface area contributed by atoms with Crippen LogP contribution in [0.25, 0.3) is 0 Å². The van der Waals surface area contributed by atoms with E-state index in [1.165, 1.54) is 0 Å². The minimum Gasteiger partial charge on any atom is -0.492 e. The van der Waals surface area contributed by atoms with E-state index in [4.69, 9.17) is 4.74 Å². The molecule has 0 radical (unpaired) electrons. The van der Waals surface area contributed by atoms with Crippen LogP contribution in [-0.2, 0) is 10.0 Å². The van der Waals surface area contributed by atoms with Gasteiger partial charge in [0, 0.05) is 25.7 Å². The van der Waals surface area contributed by atoms with Crippen LogP contribution in [0.1, 0.15) is 6.92 Å². The summed E-state index contributed by atoms with van der Waals surface area (Å²) in [5, 5.41) is 3.18. The van der Waals surface area contributed by atoms with Gasteiger partial charge in [0.25, 0.3) is 0 Å². The molecule has 0 amide bonds. The zero-order valence-electron chi connectivity index (χ0n) is 11.1. The highest BCUT2D eigenvalue weighted by Gasteiger charge is 2.29. The van der Waals surface area contributed by atoms with Crippen molar-refractivity contribution in [2.45, 2.75) is 13.0 Å². The SMILES string of the molecule is C[C@H]1CNCCN1S(=O)(=O)CCOc1ccccc1. The van der Waals surface area contributed by atoms with Crippen LogP contribution in [0, 0.1) is 0 Å². The lowest BCUT2D eigenvalue weighted by molar-refractivity contribution is 0.278. The minimum atomic E-state index is -3.23. The van der Waals surface area contributed by atoms with Gasteiger partial charge in [-0.15, -0.1) is 0 Å². The van der Waals surface area contributed by atoms with Crippen LogP contribution in [0.5, 0.6) is 5.75 Å². The van der Waals surface area contributed by atoms with Crippen LogP contribution >= 0.6 is 0 Å². The van der Waals surface area contributed by atoms with E-state index in [9.17, 15) is 8.42 Å². The summed E-state index contributed by atoms with van der Waals surface area (Å²) in [5.41, 5.74) is 0. The number of nitrogens with zero attached hydrogens (tertiary/aromatic N) is 1. The predicted octanol–water partition coefficient (Wildman–Crippen LogP) is 0.689. The summed E-state index contributed by atoms with van der Waals surface area (Å²) in [7, 11) is -3.23. The average Bonchev–Trinajstić information content (AvgIpc) is 2.40. The third-order valence-corrected chi connectivity index (χ3v) is 5.09. The van der Waals surface area contributed by atoms with Crippen molar-refractivity contribution in [1.29, 1.82) is 0 Å². The molecule has 0 aliphatic carbocycles. The smallest absolute Gasteiger partial charge is 0.217 e. The molecule has 0 unspecified atom stereocenters. The fourth-order valence-electron chi connectivity index (χ4n) is 2.13. The Kier molecular flexibility index (Phi) is 4.79. The van der Waals surface area contributed by atoms with Crippen molar-refractivity contribution in [1.82, 2.24) is 9.62 Å². The lowest BCUT2D eigenvalue weighted by Gasteiger charge is -2.32. The lowest BCUT2D eigenvalue weighted by Crippen LogP contribution is -2.53. The molecule has 1 aromatic rings. The second-order valence-electron chi connectivity index (χ2n) is 4.64. The Morgan fingerprint density at radius 3 is 2.79 bits per heavy atom. The number of hydrogen-bond donors (Lipinski definition) is 1. The summed E-state index contributed by atoms with van der Waals surface area (Å²) in [6, 6.07) is 9.27. The minimum absolute atomic E-state index is 0.00970. The summed E-state index contributed by atoms with van der Waals surface area (Å²) in [4.78, 5) is 0. The first-order valence-corrected chi connectivity index (χ1v) is 8.08. The van der Waals surface area contributed by atoms with Gasteiger partial charge in [-0.05, 0) is 19.1 Å². The molecule has 1 saturated heterocycles. The maximum atomic E-state index is 12.2. The average molecular weight is 284 g/mol. The number of rotatable bonds is 5. The molecule has 5 nitrogen and oxygen atoms in total. The molecular formula is C13H20N2O3S. The van der Waals surface area contributed by atoms with Crippen molar-refractivity contribution < 1.29 is 13.2 Å². The van der Waals surface area contributed by atoms with Crippen molar-refractivity contribution in [2.75, 3.05) is 32.0 Å². The fourth-order valence-corrected chi connectivity index (χ4v) is 3.66. The molecule has 1 N–H and O–H groups in total. The van der Waals surface area contributed by atoms with E-state index < -0.39 is 10.0 Å². The van der Waals surface area contributed by atoms with Crippen molar-refractivity contribution in [3.8, 4) is 5.75 Å². The molecule has 1 aliphatic heterocycles. The molecule has 106 valence electrons. The standard InChI is InChI=1S/C13H20N2O3S/c1-12-11-14-7-8-15(12)19(16,17)10-9-18-13-5-3-2-4-6-13/h2-6,12,14H,7-11H2,1H3/t12-/m0/s1. The maximum absolute atomic E-state index is 12.2. The van der Waals surface area contributed by atoms with Crippen LogP contribution in [-0.4, -0.2) is 50.8 Å². The molecule has 0 aromatic heterocycles. The second-order valence-corrected chi connectivity index (χ2v) is 6.68. The van der Waals surface area contributed by atoms with Gasteiger partial charge in [0.05, 0.1) is 5.75 Å². The van der Waals surface area contributed by atoms with E-state index in [0.29, 0.717) is 25.4 Å². The van der Waals surface area contributed by atoms with Gasteiger partial charge in [0.2, 0.25) is 10.0 Å². The number of piperazine rings is 1. The van der Waals surface area contributed by atoms with Crippen LogP contribution in [0.15, 0.2) is 30.3 Å². The zero-order valence-corrected chi connectivity index (χ0v) is 11.9. The number of benzene rings is 1. The van der Waals surface area contributed by atoms with Gasteiger partial charge in [0.15, 0.2) is 0 Å². The van der Waals surface area contributed by atoms with Crippen molar-refractivity contribution >= 4 is 10.0 Å². The maximum Gasteiger partial charge on any atom is 0.217 e. The van der Waals surface area contributed by atoms with Gasteiger partial charge >= 0.3 is 0 Å². The Morgan fingerprint density at radius 1 is 1.37 bits per heavy atom. The monoisotopic (exact) mass is 284 g/mol. The molecule has 0 spiro atoms. The van der Waals surface area contributed by atoms with Crippen molar-refractivity contribution in [3.05, 3.63) is 30.3 Å². The van der Waals surface area contributed by atoms with E-state index >= 15 is 0 Å². The first-order chi connectivity index (χ1) is 9.09. The van der Waals surface area contributed by atoms with Gasteiger partial charge in [-0.25, -0.2) is 8.42 Å². The highest BCUT2D eigenvalue weighted by Crippen LogP contribution is 2.12. The third-order valence-electron chi connectivity index (χ3n) is 3.15. The van der Waals surface area contributed by atoms with Gasteiger partial charge in [-0.3, -0.25) is 0 Å². The fraction of sp³-hybridized carbons (Fsp3) is 0.538. The number of hydrogen-bond acceptors (Lipinski definition) is 4.